The summed E-state index contributed by atoms with van der Waals surface area (Å²) in [6, 6.07) is 3.31. The summed E-state index contributed by atoms with van der Waals surface area (Å²) in [5.41, 5.74) is 0. The van der Waals surface area contributed by atoms with Crippen molar-refractivity contribution in [3.8, 4) is 0 Å². The van der Waals surface area contributed by atoms with Gasteiger partial charge in [-0.25, -0.2) is 0 Å². The number of carboxylic acids is 1. The van der Waals surface area contributed by atoms with Crippen LogP contribution in [0.3, 0.4) is 0 Å². The monoisotopic (exact) mass is 225 g/mol. The number of hydrogen-bond donors (Lipinski definition) is 2. The maximum atomic E-state index is 11.5. The van der Waals surface area contributed by atoms with Crippen molar-refractivity contribution in [3.63, 3.8) is 0 Å². The van der Waals surface area contributed by atoms with Crippen LogP contribution in [0.25, 0.3) is 0 Å². The van der Waals surface area contributed by atoms with Crippen molar-refractivity contribution in [2.24, 2.45) is 5.92 Å². The van der Waals surface area contributed by atoms with E-state index in [2.05, 4.69) is 5.32 Å². The molecule has 0 aliphatic rings. The van der Waals surface area contributed by atoms with Gasteiger partial charge in [0.05, 0.1) is 5.92 Å². The van der Waals surface area contributed by atoms with Gasteiger partial charge in [-0.3, -0.25) is 9.59 Å². The largest absolute Gasteiger partial charge is 0.481 e. The molecule has 5 nitrogen and oxygen atoms in total. The molecule has 1 amide bonds. The van der Waals surface area contributed by atoms with E-state index in [0.717, 1.165) is 12.2 Å². The lowest BCUT2D eigenvalue weighted by Crippen LogP contribution is -2.31. The molecule has 1 heterocycles. The average Bonchev–Trinajstić information content (AvgIpc) is 2.73. The number of nitrogens with one attached hydrogen (secondary N) is 1. The Morgan fingerprint density at radius 1 is 1.50 bits per heavy atom. The molecule has 0 bridgehead atoms. The van der Waals surface area contributed by atoms with Crippen LogP contribution in [0.4, 0.5) is 0 Å². The summed E-state index contributed by atoms with van der Waals surface area (Å²) in [5, 5.41) is 11.1. The van der Waals surface area contributed by atoms with Crippen molar-refractivity contribution in [1.82, 2.24) is 5.32 Å². The van der Waals surface area contributed by atoms with Crippen molar-refractivity contribution >= 4 is 11.9 Å². The van der Waals surface area contributed by atoms with Crippen molar-refractivity contribution in [3.05, 3.63) is 23.7 Å². The minimum Gasteiger partial charge on any atom is -0.481 e. The van der Waals surface area contributed by atoms with E-state index in [0.29, 0.717) is 0 Å². The lowest BCUT2D eigenvalue weighted by molar-refractivity contribution is -0.140. The molecular formula is C11H15NO4. The minimum atomic E-state index is -0.936. The summed E-state index contributed by atoms with van der Waals surface area (Å²) in [6.45, 7) is 3.55. The smallest absolute Gasteiger partial charge is 0.308 e. The van der Waals surface area contributed by atoms with Crippen LogP contribution in [0.2, 0.25) is 0 Å². The molecule has 0 aliphatic heterocycles. The zero-order chi connectivity index (χ0) is 12.1. The summed E-state index contributed by atoms with van der Waals surface area (Å²) in [5.74, 6) is -0.975. The summed E-state index contributed by atoms with van der Waals surface area (Å²) in [6.07, 6.45) is 0.721. The topological polar surface area (TPSA) is 79.5 Å². The summed E-state index contributed by atoms with van der Waals surface area (Å²) < 4.78 is 5.23. The second kappa shape index (κ2) is 5.34. The van der Waals surface area contributed by atoms with Crippen LogP contribution in [-0.4, -0.2) is 23.5 Å². The van der Waals surface area contributed by atoms with Gasteiger partial charge in [0.15, 0.2) is 5.76 Å². The molecule has 1 unspecified atom stereocenters. The third-order valence-corrected chi connectivity index (χ3v) is 2.22. The van der Waals surface area contributed by atoms with E-state index in [9.17, 15) is 9.59 Å². The average molecular weight is 225 g/mol. The lowest BCUT2D eigenvalue weighted by atomic mass is 10.2. The fourth-order valence-electron chi connectivity index (χ4n) is 1.11. The molecule has 0 fully saturated rings. The lowest BCUT2D eigenvalue weighted by Gasteiger charge is -2.06. The molecule has 0 aliphatic carbocycles. The molecule has 1 aromatic rings. The van der Waals surface area contributed by atoms with Crippen molar-refractivity contribution < 1.29 is 19.1 Å². The zero-order valence-electron chi connectivity index (χ0n) is 9.32. The van der Waals surface area contributed by atoms with E-state index < -0.39 is 11.9 Å². The maximum absolute atomic E-state index is 11.5. The van der Waals surface area contributed by atoms with Gasteiger partial charge in [-0.2, -0.15) is 0 Å². The second-order valence-electron chi connectivity index (χ2n) is 3.57. The Bertz CT molecular complexity index is 383. The molecule has 16 heavy (non-hydrogen) atoms. The minimum absolute atomic E-state index is 0.0936. The molecule has 0 saturated carbocycles. The molecule has 0 saturated heterocycles. The highest BCUT2D eigenvalue weighted by atomic mass is 16.4. The van der Waals surface area contributed by atoms with Gasteiger partial charge in [0, 0.05) is 13.0 Å². The van der Waals surface area contributed by atoms with Gasteiger partial charge >= 0.3 is 5.97 Å². The first-order valence-corrected chi connectivity index (χ1v) is 5.14. The first-order valence-electron chi connectivity index (χ1n) is 5.14. The summed E-state index contributed by atoms with van der Waals surface area (Å²) in [4.78, 5) is 22.0. The van der Waals surface area contributed by atoms with Gasteiger partial charge in [-0.1, -0.05) is 13.8 Å². The van der Waals surface area contributed by atoms with Crippen LogP contribution in [0.15, 0.2) is 16.5 Å². The summed E-state index contributed by atoms with van der Waals surface area (Å²) >= 11 is 0. The molecule has 0 radical (unpaired) electrons. The Balaban J connectivity index is 2.49. The molecule has 2 N–H and O–H groups in total. The zero-order valence-corrected chi connectivity index (χ0v) is 9.32. The Morgan fingerprint density at radius 2 is 2.19 bits per heavy atom. The highest BCUT2D eigenvalue weighted by Crippen LogP contribution is 2.08. The Labute approximate surface area is 93.4 Å². The second-order valence-corrected chi connectivity index (χ2v) is 3.57. The van der Waals surface area contributed by atoms with E-state index in [1.807, 2.05) is 6.92 Å². The fourth-order valence-corrected chi connectivity index (χ4v) is 1.11. The van der Waals surface area contributed by atoms with Crippen LogP contribution in [0.5, 0.6) is 0 Å². The number of aryl methyl sites for hydroxylation is 1. The number of carboxylic acid groups (broad SMARTS) is 1. The molecule has 0 aromatic carbocycles. The molecule has 5 heteroatoms. The number of rotatable bonds is 5. The third kappa shape index (κ3) is 3.12. The SMILES string of the molecule is CCc1ccc(C(=O)NCC(C)C(=O)O)o1. The van der Waals surface area contributed by atoms with Crippen LogP contribution in [0.1, 0.15) is 30.2 Å². The Morgan fingerprint density at radius 3 is 2.69 bits per heavy atom. The van der Waals surface area contributed by atoms with E-state index in [4.69, 9.17) is 9.52 Å². The van der Waals surface area contributed by atoms with Crippen LogP contribution >= 0.6 is 0 Å². The van der Waals surface area contributed by atoms with Gasteiger partial charge in [-0.15, -0.1) is 0 Å². The standard InChI is InChI=1S/C11H15NO4/c1-3-8-4-5-9(16-8)10(13)12-6-7(2)11(14)15/h4-5,7H,3,6H2,1-2H3,(H,12,13)(H,14,15). The highest BCUT2D eigenvalue weighted by molar-refractivity contribution is 5.91. The molecule has 1 aromatic heterocycles. The van der Waals surface area contributed by atoms with E-state index >= 15 is 0 Å². The third-order valence-electron chi connectivity index (χ3n) is 2.22. The number of carbonyl (C=O) groups excluding carboxylic acids is 1. The first kappa shape index (κ1) is 12.3. The molecule has 0 spiro atoms. The normalized spacial score (nSPS) is 12.1. The van der Waals surface area contributed by atoms with E-state index in [1.165, 1.54) is 6.92 Å². The van der Waals surface area contributed by atoms with Gasteiger partial charge < -0.3 is 14.8 Å². The predicted octanol–water partition coefficient (Wildman–Crippen LogP) is 1.29. The van der Waals surface area contributed by atoms with Gasteiger partial charge in [0.2, 0.25) is 0 Å². The number of amides is 1. The van der Waals surface area contributed by atoms with Gasteiger partial charge in [0.1, 0.15) is 5.76 Å². The quantitative estimate of drug-likeness (QED) is 0.791. The van der Waals surface area contributed by atoms with Crippen LogP contribution < -0.4 is 5.32 Å². The summed E-state index contributed by atoms with van der Waals surface area (Å²) in [7, 11) is 0. The molecule has 88 valence electrons. The maximum Gasteiger partial charge on any atom is 0.308 e. The Hall–Kier alpha value is -1.78. The van der Waals surface area contributed by atoms with Gasteiger partial charge in [0.25, 0.3) is 5.91 Å². The predicted molar refractivity (Wildman–Crippen MR) is 57.2 cm³/mol. The fraction of sp³-hybridized carbons (Fsp3) is 0.455. The van der Waals surface area contributed by atoms with Crippen molar-refractivity contribution in [2.45, 2.75) is 20.3 Å². The molecular weight excluding hydrogens is 210 g/mol. The first-order chi connectivity index (χ1) is 7.54. The van der Waals surface area contributed by atoms with Crippen molar-refractivity contribution in [1.29, 1.82) is 0 Å². The molecule has 1 rings (SSSR count). The Kier molecular flexibility index (Phi) is 4.10. The number of aliphatic carboxylic acids is 1. The van der Waals surface area contributed by atoms with E-state index in [-0.39, 0.29) is 18.2 Å². The van der Waals surface area contributed by atoms with E-state index in [1.54, 1.807) is 12.1 Å². The number of furan rings is 1. The number of carbonyl (C=O) groups is 2. The number of hydrogen-bond acceptors (Lipinski definition) is 3. The van der Waals surface area contributed by atoms with Crippen LogP contribution in [0, 0.1) is 5.92 Å². The van der Waals surface area contributed by atoms with Crippen molar-refractivity contribution in [2.75, 3.05) is 6.54 Å². The van der Waals surface area contributed by atoms with Crippen LogP contribution in [-0.2, 0) is 11.2 Å². The van der Waals surface area contributed by atoms with Gasteiger partial charge in [-0.05, 0) is 12.1 Å². The molecule has 1 atom stereocenters. The highest BCUT2D eigenvalue weighted by Gasteiger charge is 2.15.